The third-order valence-electron chi connectivity index (χ3n) is 3.25. The molecule has 1 saturated heterocycles. The molecule has 2 fully saturated rings. The van der Waals surface area contributed by atoms with E-state index in [-0.39, 0.29) is 12.0 Å². The van der Waals surface area contributed by atoms with Crippen molar-refractivity contribution in [1.29, 1.82) is 0 Å². The van der Waals surface area contributed by atoms with Crippen LogP contribution in [0.4, 0.5) is 0 Å². The second kappa shape index (κ2) is 7.36. The lowest BCUT2D eigenvalue weighted by Gasteiger charge is -2.24. The first kappa shape index (κ1) is 14.2. The summed E-state index contributed by atoms with van der Waals surface area (Å²) < 4.78 is 10.5. The number of nitrogens with one attached hydrogen (secondary N) is 1. The maximum absolute atomic E-state index is 11.9. The molecular weight excluding hydrogens is 250 g/mol. The van der Waals surface area contributed by atoms with Crippen LogP contribution in [-0.2, 0) is 14.3 Å². The van der Waals surface area contributed by atoms with E-state index in [4.69, 9.17) is 9.47 Å². The van der Waals surface area contributed by atoms with E-state index in [2.05, 4.69) is 5.32 Å². The summed E-state index contributed by atoms with van der Waals surface area (Å²) in [4.78, 5) is 11.9. The van der Waals surface area contributed by atoms with Crippen molar-refractivity contribution in [1.82, 2.24) is 5.32 Å². The van der Waals surface area contributed by atoms with Crippen molar-refractivity contribution >= 4 is 17.7 Å². The van der Waals surface area contributed by atoms with Crippen LogP contribution in [0.15, 0.2) is 0 Å². The molecule has 5 heteroatoms. The topological polar surface area (TPSA) is 47.6 Å². The largest absolute Gasteiger partial charge is 0.465 e. The van der Waals surface area contributed by atoms with E-state index in [0.717, 1.165) is 31.8 Å². The van der Waals surface area contributed by atoms with Gasteiger partial charge in [0.1, 0.15) is 6.04 Å². The van der Waals surface area contributed by atoms with Crippen molar-refractivity contribution in [2.75, 3.05) is 25.6 Å². The second-order valence-corrected chi connectivity index (χ2v) is 6.22. The third kappa shape index (κ3) is 4.78. The van der Waals surface area contributed by atoms with Crippen molar-refractivity contribution < 1.29 is 14.3 Å². The molecule has 18 heavy (non-hydrogen) atoms. The molecule has 1 atom stereocenters. The summed E-state index contributed by atoms with van der Waals surface area (Å²) in [6, 6.07) is 0.403. The molecule has 0 aromatic carbocycles. The first-order valence-corrected chi connectivity index (χ1v) is 7.96. The summed E-state index contributed by atoms with van der Waals surface area (Å²) in [5.41, 5.74) is 0. The van der Waals surface area contributed by atoms with Crippen LogP contribution in [0.25, 0.3) is 0 Å². The highest BCUT2D eigenvalue weighted by Crippen LogP contribution is 2.25. The number of rotatable bonds is 7. The Hall–Kier alpha value is -0.260. The van der Waals surface area contributed by atoms with Crippen LogP contribution in [-0.4, -0.2) is 48.9 Å². The Morgan fingerprint density at radius 1 is 1.39 bits per heavy atom. The second-order valence-electron chi connectivity index (χ2n) is 4.89. The number of carbonyl (C=O) groups excluding carboxylic acids is 1. The van der Waals surface area contributed by atoms with Crippen molar-refractivity contribution in [3.8, 4) is 0 Å². The van der Waals surface area contributed by atoms with Crippen LogP contribution in [0, 0.1) is 0 Å². The van der Waals surface area contributed by atoms with Gasteiger partial charge in [0.2, 0.25) is 0 Å². The fourth-order valence-corrected chi connectivity index (χ4v) is 3.26. The molecule has 2 aliphatic rings. The van der Waals surface area contributed by atoms with E-state index >= 15 is 0 Å². The van der Waals surface area contributed by atoms with Gasteiger partial charge in [-0.15, -0.1) is 0 Å². The molecule has 0 spiro atoms. The van der Waals surface area contributed by atoms with Gasteiger partial charge in [-0.3, -0.25) is 4.79 Å². The lowest BCUT2D eigenvalue weighted by molar-refractivity contribution is -0.145. The average Bonchev–Trinajstić information content (AvgIpc) is 3.20. The van der Waals surface area contributed by atoms with Crippen LogP contribution >= 0.6 is 11.8 Å². The molecule has 0 aromatic rings. The van der Waals surface area contributed by atoms with Crippen LogP contribution in [0.3, 0.4) is 0 Å². The van der Waals surface area contributed by atoms with Gasteiger partial charge in [-0.25, -0.2) is 0 Å². The Kier molecular flexibility index (Phi) is 5.79. The Balaban J connectivity index is 1.74. The smallest absolute Gasteiger partial charge is 0.323 e. The molecule has 0 radical (unpaired) electrons. The Morgan fingerprint density at radius 2 is 2.11 bits per heavy atom. The van der Waals surface area contributed by atoms with Crippen molar-refractivity contribution in [2.45, 2.75) is 49.9 Å². The molecular formula is C13H23NO3S. The zero-order valence-corrected chi connectivity index (χ0v) is 11.8. The maximum atomic E-state index is 11.9. The standard InChI is InChI=1S/C13H23NO3S/c1-2-17-13(15)12(14-10-3-4-10)9-18-11-5-7-16-8-6-11/h10-12,14H,2-9H2,1H3. The van der Waals surface area contributed by atoms with Crippen LogP contribution < -0.4 is 5.32 Å². The lowest BCUT2D eigenvalue weighted by Crippen LogP contribution is -2.42. The summed E-state index contributed by atoms with van der Waals surface area (Å²) in [6.07, 6.45) is 4.59. The van der Waals surface area contributed by atoms with E-state index in [1.165, 1.54) is 12.8 Å². The molecule has 1 saturated carbocycles. The number of hydrogen-bond donors (Lipinski definition) is 1. The average molecular weight is 273 g/mol. The van der Waals surface area contributed by atoms with Gasteiger partial charge in [0, 0.05) is 30.3 Å². The molecule has 0 amide bonds. The maximum Gasteiger partial charge on any atom is 0.323 e. The fourth-order valence-electron chi connectivity index (χ4n) is 2.04. The molecule has 0 bridgehead atoms. The highest BCUT2D eigenvalue weighted by atomic mass is 32.2. The zero-order chi connectivity index (χ0) is 12.8. The third-order valence-corrected chi connectivity index (χ3v) is 4.72. The van der Waals surface area contributed by atoms with Gasteiger partial charge < -0.3 is 14.8 Å². The van der Waals surface area contributed by atoms with Gasteiger partial charge >= 0.3 is 5.97 Å². The highest BCUT2D eigenvalue weighted by molar-refractivity contribution is 7.99. The minimum Gasteiger partial charge on any atom is -0.465 e. The number of thioether (sulfide) groups is 1. The van der Waals surface area contributed by atoms with Gasteiger partial charge in [-0.05, 0) is 32.6 Å². The van der Waals surface area contributed by atoms with Crippen molar-refractivity contribution in [3.05, 3.63) is 0 Å². The summed E-state index contributed by atoms with van der Waals surface area (Å²) in [7, 11) is 0. The van der Waals surface area contributed by atoms with Gasteiger partial charge in [0.05, 0.1) is 6.61 Å². The Bertz CT molecular complexity index is 265. The van der Waals surface area contributed by atoms with Gasteiger partial charge in [-0.2, -0.15) is 11.8 Å². The van der Waals surface area contributed by atoms with Gasteiger partial charge in [0.15, 0.2) is 0 Å². The predicted octanol–water partition coefficient (Wildman–Crippen LogP) is 1.58. The number of hydrogen-bond acceptors (Lipinski definition) is 5. The van der Waals surface area contributed by atoms with Crippen LogP contribution in [0.5, 0.6) is 0 Å². The normalized spacial score (nSPS) is 22.7. The molecule has 1 unspecified atom stereocenters. The van der Waals surface area contributed by atoms with Crippen molar-refractivity contribution in [3.63, 3.8) is 0 Å². The monoisotopic (exact) mass is 273 g/mol. The summed E-state index contributed by atoms with van der Waals surface area (Å²) >= 11 is 1.89. The first-order valence-electron chi connectivity index (χ1n) is 6.91. The summed E-state index contributed by atoms with van der Waals surface area (Å²) in [5, 5.41) is 4.02. The molecule has 1 N–H and O–H groups in total. The molecule has 0 aromatic heterocycles. The molecule has 104 valence electrons. The quantitative estimate of drug-likeness (QED) is 0.714. The van der Waals surface area contributed by atoms with Crippen LogP contribution in [0.1, 0.15) is 32.6 Å². The molecule has 1 aliphatic carbocycles. The number of carbonyl (C=O) groups is 1. The number of ether oxygens (including phenoxy) is 2. The molecule has 1 heterocycles. The van der Waals surface area contributed by atoms with E-state index < -0.39 is 0 Å². The zero-order valence-electron chi connectivity index (χ0n) is 11.0. The molecule has 1 aliphatic heterocycles. The predicted molar refractivity (Wildman–Crippen MR) is 72.9 cm³/mol. The van der Waals surface area contributed by atoms with E-state index in [9.17, 15) is 4.79 Å². The first-order chi connectivity index (χ1) is 8.79. The van der Waals surface area contributed by atoms with E-state index in [0.29, 0.717) is 17.9 Å². The number of esters is 1. The SMILES string of the molecule is CCOC(=O)C(CSC1CCOCC1)NC1CC1. The lowest BCUT2D eigenvalue weighted by atomic mass is 10.2. The summed E-state index contributed by atoms with van der Waals surface area (Å²) in [6.45, 7) is 4.04. The molecule has 2 rings (SSSR count). The Morgan fingerprint density at radius 3 is 2.72 bits per heavy atom. The highest BCUT2D eigenvalue weighted by Gasteiger charge is 2.30. The summed E-state index contributed by atoms with van der Waals surface area (Å²) in [5.74, 6) is 0.726. The van der Waals surface area contributed by atoms with Gasteiger partial charge in [0.25, 0.3) is 0 Å². The molecule has 4 nitrogen and oxygen atoms in total. The van der Waals surface area contributed by atoms with Crippen LogP contribution in [0.2, 0.25) is 0 Å². The minimum absolute atomic E-state index is 0.0936. The minimum atomic E-state index is -0.134. The fraction of sp³-hybridized carbons (Fsp3) is 0.923. The van der Waals surface area contributed by atoms with E-state index in [1.54, 1.807) is 0 Å². The van der Waals surface area contributed by atoms with Gasteiger partial charge in [-0.1, -0.05) is 0 Å². The van der Waals surface area contributed by atoms with E-state index in [1.807, 2.05) is 18.7 Å². The van der Waals surface area contributed by atoms with Crippen molar-refractivity contribution in [2.24, 2.45) is 0 Å². The Labute approximate surface area is 113 Å².